The van der Waals surface area contributed by atoms with Crippen LogP contribution in [0, 0.1) is 0 Å². The summed E-state index contributed by atoms with van der Waals surface area (Å²) in [5.74, 6) is 0.248. The van der Waals surface area contributed by atoms with Gasteiger partial charge in [-0.05, 0) is 31.5 Å². The minimum absolute atomic E-state index is 0.134. The van der Waals surface area contributed by atoms with E-state index in [4.69, 9.17) is 10.2 Å². The van der Waals surface area contributed by atoms with E-state index in [2.05, 4.69) is 10.2 Å². The van der Waals surface area contributed by atoms with Gasteiger partial charge in [0.1, 0.15) is 5.58 Å². The van der Waals surface area contributed by atoms with Crippen molar-refractivity contribution in [1.82, 2.24) is 10.2 Å². The van der Waals surface area contributed by atoms with E-state index < -0.39 is 0 Å². The maximum absolute atomic E-state index is 12.3. The van der Waals surface area contributed by atoms with Crippen molar-refractivity contribution in [2.24, 2.45) is 5.73 Å². The molecule has 1 aliphatic heterocycles. The molecule has 1 aromatic carbocycles. The van der Waals surface area contributed by atoms with Crippen LogP contribution in [-0.2, 0) is 0 Å². The Morgan fingerprint density at radius 1 is 1.43 bits per heavy atom. The van der Waals surface area contributed by atoms with Crippen molar-refractivity contribution < 1.29 is 9.21 Å². The third-order valence-corrected chi connectivity index (χ3v) is 3.94. The average molecular weight is 287 g/mol. The molecular weight excluding hydrogens is 266 g/mol. The molecule has 21 heavy (non-hydrogen) atoms. The number of para-hydroxylation sites is 1. The van der Waals surface area contributed by atoms with Gasteiger partial charge in [-0.1, -0.05) is 18.2 Å². The number of fused-ring (bicyclic) bond motifs is 1. The molecule has 5 heteroatoms. The van der Waals surface area contributed by atoms with Crippen LogP contribution < -0.4 is 11.1 Å². The van der Waals surface area contributed by atoms with E-state index in [1.54, 1.807) is 6.07 Å². The number of hydrogen-bond donors (Lipinski definition) is 2. The number of carbonyl (C=O) groups is 1. The molecule has 0 spiro atoms. The smallest absolute Gasteiger partial charge is 0.287 e. The lowest BCUT2D eigenvalue weighted by Crippen LogP contribution is -2.48. The largest absolute Gasteiger partial charge is 0.451 e. The van der Waals surface area contributed by atoms with E-state index in [1.165, 1.54) is 0 Å². The summed E-state index contributed by atoms with van der Waals surface area (Å²) < 4.78 is 5.60. The quantitative estimate of drug-likeness (QED) is 0.895. The molecule has 0 saturated carbocycles. The van der Waals surface area contributed by atoms with Gasteiger partial charge < -0.3 is 20.4 Å². The molecule has 1 fully saturated rings. The topological polar surface area (TPSA) is 71.5 Å². The van der Waals surface area contributed by atoms with Gasteiger partial charge in [-0.2, -0.15) is 0 Å². The monoisotopic (exact) mass is 287 g/mol. The summed E-state index contributed by atoms with van der Waals surface area (Å²) in [6.45, 7) is 3.47. The van der Waals surface area contributed by atoms with Gasteiger partial charge in [0.25, 0.3) is 5.91 Å². The fourth-order valence-electron chi connectivity index (χ4n) is 2.91. The standard InChI is InChI=1S/C16H21N3O2/c17-7-9-19-8-3-5-13(11-19)18-16(20)15-10-12-4-1-2-6-14(12)21-15/h1-2,4,6,10,13H,3,5,7-9,11,17H2,(H,18,20). The number of likely N-dealkylation sites (tertiary alicyclic amines) is 1. The normalized spacial score (nSPS) is 19.8. The minimum atomic E-state index is -0.134. The van der Waals surface area contributed by atoms with E-state index >= 15 is 0 Å². The van der Waals surface area contributed by atoms with Gasteiger partial charge in [0.05, 0.1) is 0 Å². The molecule has 1 unspecified atom stereocenters. The Labute approximate surface area is 124 Å². The van der Waals surface area contributed by atoms with Crippen molar-refractivity contribution >= 4 is 16.9 Å². The third-order valence-electron chi connectivity index (χ3n) is 3.94. The van der Waals surface area contributed by atoms with Crippen LogP contribution in [-0.4, -0.2) is 43.0 Å². The lowest BCUT2D eigenvalue weighted by molar-refractivity contribution is 0.0879. The summed E-state index contributed by atoms with van der Waals surface area (Å²) in [6.07, 6.45) is 2.10. The van der Waals surface area contributed by atoms with Crippen LogP contribution in [0.5, 0.6) is 0 Å². The fraction of sp³-hybridized carbons (Fsp3) is 0.438. The Kier molecular flexibility index (Phi) is 4.22. The highest BCUT2D eigenvalue weighted by molar-refractivity contribution is 5.96. The van der Waals surface area contributed by atoms with E-state index in [0.29, 0.717) is 12.3 Å². The van der Waals surface area contributed by atoms with Gasteiger partial charge in [-0.15, -0.1) is 0 Å². The number of hydrogen-bond acceptors (Lipinski definition) is 4. The van der Waals surface area contributed by atoms with Crippen LogP contribution in [0.15, 0.2) is 34.7 Å². The van der Waals surface area contributed by atoms with Gasteiger partial charge in [0, 0.05) is 31.1 Å². The first-order chi connectivity index (χ1) is 10.3. The van der Waals surface area contributed by atoms with Crippen molar-refractivity contribution in [2.45, 2.75) is 18.9 Å². The Balaban J connectivity index is 1.65. The highest BCUT2D eigenvalue weighted by atomic mass is 16.3. The molecular formula is C16H21N3O2. The van der Waals surface area contributed by atoms with E-state index in [9.17, 15) is 4.79 Å². The summed E-state index contributed by atoms with van der Waals surface area (Å²) in [5, 5.41) is 4.02. The second-order valence-electron chi connectivity index (χ2n) is 5.55. The molecule has 1 atom stereocenters. The maximum atomic E-state index is 12.3. The van der Waals surface area contributed by atoms with Crippen molar-refractivity contribution in [3.63, 3.8) is 0 Å². The molecule has 1 aromatic heterocycles. The first-order valence-electron chi connectivity index (χ1n) is 7.48. The number of piperidine rings is 1. The predicted molar refractivity (Wildman–Crippen MR) is 82.2 cm³/mol. The van der Waals surface area contributed by atoms with E-state index in [1.807, 2.05) is 24.3 Å². The van der Waals surface area contributed by atoms with Crippen molar-refractivity contribution in [1.29, 1.82) is 0 Å². The van der Waals surface area contributed by atoms with Gasteiger partial charge in [-0.3, -0.25) is 4.79 Å². The highest BCUT2D eigenvalue weighted by Gasteiger charge is 2.22. The Morgan fingerprint density at radius 2 is 2.29 bits per heavy atom. The van der Waals surface area contributed by atoms with Crippen LogP contribution in [0.3, 0.4) is 0 Å². The number of rotatable bonds is 4. The SMILES string of the molecule is NCCN1CCCC(NC(=O)c2cc3ccccc3o2)C1. The van der Waals surface area contributed by atoms with Gasteiger partial charge in [-0.25, -0.2) is 0 Å². The number of benzene rings is 1. The van der Waals surface area contributed by atoms with Crippen LogP contribution in [0.4, 0.5) is 0 Å². The summed E-state index contributed by atoms with van der Waals surface area (Å²) in [4.78, 5) is 14.6. The van der Waals surface area contributed by atoms with Crippen LogP contribution in [0.1, 0.15) is 23.4 Å². The van der Waals surface area contributed by atoms with Crippen LogP contribution >= 0.6 is 0 Å². The Hall–Kier alpha value is -1.85. The first-order valence-corrected chi connectivity index (χ1v) is 7.48. The van der Waals surface area contributed by atoms with Gasteiger partial charge in [0.15, 0.2) is 5.76 Å². The molecule has 1 aliphatic rings. The van der Waals surface area contributed by atoms with Crippen LogP contribution in [0.2, 0.25) is 0 Å². The second-order valence-corrected chi connectivity index (χ2v) is 5.55. The fourth-order valence-corrected chi connectivity index (χ4v) is 2.91. The number of nitrogens with two attached hydrogens (primary N) is 1. The molecule has 0 radical (unpaired) electrons. The van der Waals surface area contributed by atoms with Crippen molar-refractivity contribution in [3.8, 4) is 0 Å². The van der Waals surface area contributed by atoms with E-state index in [0.717, 1.165) is 43.4 Å². The zero-order chi connectivity index (χ0) is 14.7. The molecule has 5 nitrogen and oxygen atoms in total. The third kappa shape index (κ3) is 3.25. The molecule has 112 valence electrons. The molecule has 2 heterocycles. The molecule has 3 rings (SSSR count). The lowest BCUT2D eigenvalue weighted by Gasteiger charge is -2.32. The molecule has 0 aliphatic carbocycles. The molecule has 1 amide bonds. The summed E-state index contributed by atoms with van der Waals surface area (Å²) >= 11 is 0. The zero-order valence-corrected chi connectivity index (χ0v) is 12.0. The summed E-state index contributed by atoms with van der Waals surface area (Å²) in [5.41, 5.74) is 6.34. The van der Waals surface area contributed by atoms with Gasteiger partial charge in [0.2, 0.25) is 0 Å². The molecule has 2 aromatic rings. The van der Waals surface area contributed by atoms with E-state index in [-0.39, 0.29) is 11.9 Å². The predicted octanol–water partition coefficient (Wildman–Crippen LogP) is 1.59. The number of carbonyl (C=O) groups excluding carboxylic acids is 1. The number of nitrogens with zero attached hydrogens (tertiary/aromatic N) is 1. The van der Waals surface area contributed by atoms with Gasteiger partial charge >= 0.3 is 0 Å². The van der Waals surface area contributed by atoms with Crippen molar-refractivity contribution in [2.75, 3.05) is 26.2 Å². The van der Waals surface area contributed by atoms with Crippen LogP contribution in [0.25, 0.3) is 11.0 Å². The summed E-state index contributed by atoms with van der Waals surface area (Å²) in [6, 6.07) is 9.62. The number of nitrogens with one attached hydrogen (secondary N) is 1. The average Bonchev–Trinajstić information content (AvgIpc) is 2.92. The molecule has 3 N–H and O–H groups in total. The molecule has 1 saturated heterocycles. The Bertz CT molecular complexity index is 588. The second kappa shape index (κ2) is 6.28. The van der Waals surface area contributed by atoms with Crippen molar-refractivity contribution in [3.05, 3.63) is 36.1 Å². The number of amides is 1. The minimum Gasteiger partial charge on any atom is -0.451 e. The maximum Gasteiger partial charge on any atom is 0.287 e. The Morgan fingerprint density at radius 3 is 3.10 bits per heavy atom. The highest BCUT2D eigenvalue weighted by Crippen LogP contribution is 2.19. The zero-order valence-electron chi connectivity index (χ0n) is 12.0. The number of furan rings is 1. The lowest BCUT2D eigenvalue weighted by atomic mass is 10.1. The first kappa shape index (κ1) is 14.1. The summed E-state index contributed by atoms with van der Waals surface area (Å²) in [7, 11) is 0. The molecule has 0 bridgehead atoms.